The molecular formula is C21H22N4O5. The van der Waals surface area contributed by atoms with Crippen molar-refractivity contribution < 1.29 is 23.9 Å². The third-order valence-corrected chi connectivity index (χ3v) is 4.71. The average Bonchev–Trinajstić information content (AvgIpc) is 3.16. The first-order chi connectivity index (χ1) is 14.5. The Bertz CT molecular complexity index is 1080. The quantitative estimate of drug-likeness (QED) is 0.591. The summed E-state index contributed by atoms with van der Waals surface area (Å²) in [5.74, 6) is -0.167. The Balaban J connectivity index is 1.41. The lowest BCUT2D eigenvalue weighted by atomic mass is 10.1. The molecule has 1 aliphatic heterocycles. The van der Waals surface area contributed by atoms with Crippen LogP contribution in [0.1, 0.15) is 40.3 Å². The number of aromatic nitrogens is 3. The highest BCUT2D eigenvalue weighted by Gasteiger charge is 2.26. The van der Waals surface area contributed by atoms with Crippen LogP contribution in [0.3, 0.4) is 0 Å². The molecule has 1 aromatic carbocycles. The zero-order valence-electron chi connectivity index (χ0n) is 16.8. The molecule has 30 heavy (non-hydrogen) atoms. The van der Waals surface area contributed by atoms with E-state index in [9.17, 15) is 9.59 Å². The molecule has 0 saturated carbocycles. The number of ether oxygens (including phenoxy) is 2. The first-order valence-corrected chi connectivity index (χ1v) is 9.61. The molecule has 0 N–H and O–H groups in total. The van der Waals surface area contributed by atoms with Gasteiger partial charge in [0.1, 0.15) is 12.4 Å². The number of benzene rings is 1. The summed E-state index contributed by atoms with van der Waals surface area (Å²) in [4.78, 5) is 33.3. The van der Waals surface area contributed by atoms with Crippen molar-refractivity contribution in [1.82, 2.24) is 19.7 Å². The molecule has 1 aliphatic rings. The SMILES string of the molecule is CC(=O)OCc1cccc(C2CN(OC(=O)c3cc4cnc(C)nn4c3)CCO2)c1. The van der Waals surface area contributed by atoms with Gasteiger partial charge in [-0.25, -0.2) is 14.3 Å². The minimum Gasteiger partial charge on any atom is -0.461 e. The van der Waals surface area contributed by atoms with Gasteiger partial charge in [-0.3, -0.25) is 4.79 Å². The molecule has 3 heterocycles. The predicted octanol–water partition coefficient (Wildman–Crippen LogP) is 2.25. The van der Waals surface area contributed by atoms with Crippen LogP contribution in [0.4, 0.5) is 0 Å². The number of hydroxylamine groups is 2. The summed E-state index contributed by atoms with van der Waals surface area (Å²) in [6.07, 6.45) is 3.03. The van der Waals surface area contributed by atoms with Crippen LogP contribution in [0, 0.1) is 6.92 Å². The fraction of sp³-hybridized carbons (Fsp3) is 0.333. The number of fused-ring (bicyclic) bond motifs is 1. The van der Waals surface area contributed by atoms with Crippen LogP contribution in [-0.2, 0) is 25.7 Å². The molecule has 0 radical (unpaired) electrons. The van der Waals surface area contributed by atoms with E-state index in [1.807, 2.05) is 24.3 Å². The fourth-order valence-electron chi connectivity index (χ4n) is 3.25. The lowest BCUT2D eigenvalue weighted by Gasteiger charge is -2.31. The number of rotatable bonds is 5. The van der Waals surface area contributed by atoms with Crippen LogP contribution in [0.25, 0.3) is 5.52 Å². The summed E-state index contributed by atoms with van der Waals surface area (Å²) in [6.45, 7) is 4.67. The van der Waals surface area contributed by atoms with Crippen LogP contribution in [0.2, 0.25) is 0 Å². The molecule has 0 aliphatic carbocycles. The van der Waals surface area contributed by atoms with Crippen molar-refractivity contribution in [3.63, 3.8) is 0 Å². The molecule has 1 unspecified atom stereocenters. The summed E-state index contributed by atoms with van der Waals surface area (Å²) in [5.41, 5.74) is 2.93. The highest BCUT2D eigenvalue weighted by atomic mass is 16.7. The second-order valence-electron chi connectivity index (χ2n) is 7.06. The predicted molar refractivity (Wildman–Crippen MR) is 105 cm³/mol. The van der Waals surface area contributed by atoms with E-state index in [-0.39, 0.29) is 18.7 Å². The van der Waals surface area contributed by atoms with Gasteiger partial charge >= 0.3 is 11.9 Å². The molecule has 156 valence electrons. The van der Waals surface area contributed by atoms with Crippen LogP contribution < -0.4 is 0 Å². The minimum absolute atomic E-state index is 0.208. The number of hydrogen-bond donors (Lipinski definition) is 0. The summed E-state index contributed by atoms with van der Waals surface area (Å²) in [7, 11) is 0. The highest BCUT2D eigenvalue weighted by Crippen LogP contribution is 2.24. The van der Waals surface area contributed by atoms with E-state index >= 15 is 0 Å². The van der Waals surface area contributed by atoms with Crippen molar-refractivity contribution in [2.24, 2.45) is 0 Å². The summed E-state index contributed by atoms with van der Waals surface area (Å²) in [6, 6.07) is 9.33. The van der Waals surface area contributed by atoms with Crippen LogP contribution in [-0.4, -0.2) is 51.3 Å². The molecule has 1 fully saturated rings. The highest BCUT2D eigenvalue weighted by molar-refractivity contribution is 5.90. The fourth-order valence-corrected chi connectivity index (χ4v) is 3.25. The maximum Gasteiger partial charge on any atom is 0.358 e. The number of hydrogen-bond acceptors (Lipinski definition) is 8. The molecule has 2 aromatic heterocycles. The number of aryl methyl sites for hydroxylation is 1. The second kappa shape index (κ2) is 8.60. The summed E-state index contributed by atoms with van der Waals surface area (Å²) >= 11 is 0. The molecule has 1 saturated heterocycles. The maximum absolute atomic E-state index is 12.6. The first-order valence-electron chi connectivity index (χ1n) is 9.61. The van der Waals surface area contributed by atoms with Gasteiger partial charge in [0, 0.05) is 13.1 Å². The van der Waals surface area contributed by atoms with Crippen molar-refractivity contribution >= 4 is 17.5 Å². The van der Waals surface area contributed by atoms with Crippen molar-refractivity contribution in [3.8, 4) is 0 Å². The normalized spacial score (nSPS) is 17.1. The number of carbonyl (C=O) groups is 2. The number of carbonyl (C=O) groups excluding carboxylic acids is 2. The zero-order valence-corrected chi connectivity index (χ0v) is 16.8. The Morgan fingerprint density at radius 3 is 3.00 bits per heavy atom. The van der Waals surface area contributed by atoms with E-state index in [0.29, 0.717) is 31.1 Å². The van der Waals surface area contributed by atoms with Gasteiger partial charge in [-0.1, -0.05) is 18.2 Å². The van der Waals surface area contributed by atoms with Crippen LogP contribution in [0.15, 0.2) is 42.7 Å². The molecule has 0 bridgehead atoms. The van der Waals surface area contributed by atoms with Crippen molar-refractivity contribution in [2.75, 3.05) is 19.7 Å². The van der Waals surface area contributed by atoms with Gasteiger partial charge in [-0.15, -0.1) is 5.06 Å². The van der Waals surface area contributed by atoms with Crippen molar-refractivity contribution in [2.45, 2.75) is 26.6 Å². The topological polar surface area (TPSA) is 95.3 Å². The van der Waals surface area contributed by atoms with Gasteiger partial charge in [0.25, 0.3) is 0 Å². The zero-order chi connectivity index (χ0) is 21.1. The molecule has 0 amide bonds. The Hall–Kier alpha value is -3.30. The summed E-state index contributed by atoms with van der Waals surface area (Å²) in [5, 5.41) is 5.85. The molecular weight excluding hydrogens is 388 g/mol. The Kier molecular flexibility index (Phi) is 5.73. The Morgan fingerprint density at radius 1 is 1.30 bits per heavy atom. The van der Waals surface area contributed by atoms with E-state index in [1.54, 1.807) is 35.0 Å². The first kappa shape index (κ1) is 20.0. The average molecular weight is 410 g/mol. The van der Waals surface area contributed by atoms with Gasteiger partial charge < -0.3 is 14.3 Å². The lowest BCUT2D eigenvalue weighted by molar-refractivity contribution is -0.174. The van der Waals surface area contributed by atoms with Crippen LogP contribution >= 0.6 is 0 Å². The second-order valence-corrected chi connectivity index (χ2v) is 7.06. The van der Waals surface area contributed by atoms with E-state index in [4.69, 9.17) is 14.3 Å². The molecule has 9 nitrogen and oxygen atoms in total. The summed E-state index contributed by atoms with van der Waals surface area (Å²) < 4.78 is 12.5. The largest absolute Gasteiger partial charge is 0.461 e. The lowest BCUT2D eigenvalue weighted by Crippen LogP contribution is -2.39. The Labute approximate surface area is 173 Å². The van der Waals surface area contributed by atoms with E-state index in [2.05, 4.69) is 10.1 Å². The third-order valence-electron chi connectivity index (χ3n) is 4.71. The molecule has 3 aromatic rings. The van der Waals surface area contributed by atoms with Gasteiger partial charge in [0.15, 0.2) is 0 Å². The Morgan fingerprint density at radius 2 is 2.17 bits per heavy atom. The smallest absolute Gasteiger partial charge is 0.358 e. The number of esters is 1. The monoisotopic (exact) mass is 410 g/mol. The number of nitrogens with zero attached hydrogens (tertiary/aromatic N) is 4. The maximum atomic E-state index is 12.6. The van der Waals surface area contributed by atoms with Gasteiger partial charge in [0.2, 0.25) is 0 Å². The molecule has 0 spiro atoms. The van der Waals surface area contributed by atoms with Gasteiger partial charge in [0.05, 0.1) is 43.1 Å². The van der Waals surface area contributed by atoms with Gasteiger partial charge in [-0.05, 0) is 30.2 Å². The number of morpholine rings is 1. The standard InChI is InChI=1S/C21H22N4O5/c1-14-22-10-19-9-18(11-25(19)23-14)21(27)30-24-6-7-28-20(12-24)17-5-3-4-16(8-17)13-29-15(2)26/h3-5,8-11,20H,6-7,12-13H2,1-2H3. The van der Waals surface area contributed by atoms with E-state index < -0.39 is 5.97 Å². The van der Waals surface area contributed by atoms with Crippen molar-refractivity contribution in [3.05, 3.63) is 65.2 Å². The van der Waals surface area contributed by atoms with E-state index in [0.717, 1.165) is 16.6 Å². The third kappa shape index (κ3) is 4.64. The van der Waals surface area contributed by atoms with Crippen molar-refractivity contribution in [1.29, 1.82) is 0 Å². The minimum atomic E-state index is -0.456. The molecule has 1 atom stereocenters. The molecule has 9 heteroatoms. The van der Waals surface area contributed by atoms with Gasteiger partial charge in [-0.2, -0.15) is 5.10 Å². The molecule has 4 rings (SSSR count). The van der Waals surface area contributed by atoms with Crippen LogP contribution in [0.5, 0.6) is 0 Å². The van der Waals surface area contributed by atoms with E-state index in [1.165, 1.54) is 6.92 Å².